The predicted octanol–water partition coefficient (Wildman–Crippen LogP) is 3.18. The average molecular weight is 383 g/mol. The number of rotatable bonds is 3. The van der Waals surface area contributed by atoms with Gasteiger partial charge in [0.05, 0.1) is 18.0 Å². The van der Waals surface area contributed by atoms with Crippen molar-refractivity contribution in [3.05, 3.63) is 35.8 Å². The lowest BCUT2D eigenvalue weighted by molar-refractivity contribution is -0.145. The number of carbonyl (C=O) groups excluding carboxylic acids is 2. The third-order valence-corrected chi connectivity index (χ3v) is 5.29. The zero-order valence-corrected chi connectivity index (χ0v) is 17.5. The van der Waals surface area contributed by atoms with E-state index < -0.39 is 5.41 Å². The van der Waals surface area contributed by atoms with Crippen molar-refractivity contribution in [2.45, 2.75) is 47.1 Å². The average Bonchev–Trinajstić information content (AvgIpc) is 2.66. The summed E-state index contributed by atoms with van der Waals surface area (Å²) >= 11 is 0. The first-order valence-corrected chi connectivity index (χ1v) is 9.93. The van der Waals surface area contributed by atoms with Gasteiger partial charge in [-0.15, -0.1) is 0 Å². The molecule has 150 valence electrons. The van der Waals surface area contributed by atoms with E-state index in [1.807, 2.05) is 56.9 Å². The van der Waals surface area contributed by atoms with E-state index in [2.05, 4.69) is 9.97 Å². The zero-order valence-electron chi connectivity index (χ0n) is 17.5. The quantitative estimate of drug-likeness (QED) is 0.818. The van der Waals surface area contributed by atoms with Crippen molar-refractivity contribution in [1.29, 1.82) is 0 Å². The molecule has 2 amide bonds. The van der Waals surface area contributed by atoms with Crippen LogP contribution in [0.3, 0.4) is 0 Å². The molecular formula is C22H30N4O2. The molecule has 1 aliphatic heterocycles. The van der Waals surface area contributed by atoms with E-state index in [1.165, 1.54) is 0 Å². The van der Waals surface area contributed by atoms with Gasteiger partial charge >= 0.3 is 0 Å². The number of likely N-dealkylation sites (tertiary alicyclic amines) is 1. The van der Waals surface area contributed by atoms with E-state index in [0.29, 0.717) is 18.9 Å². The van der Waals surface area contributed by atoms with Crippen molar-refractivity contribution in [3.8, 4) is 0 Å². The number of carbonyl (C=O) groups is 2. The fourth-order valence-electron chi connectivity index (χ4n) is 3.80. The van der Waals surface area contributed by atoms with Gasteiger partial charge in [0.15, 0.2) is 0 Å². The Kier molecular flexibility index (Phi) is 5.68. The summed E-state index contributed by atoms with van der Waals surface area (Å²) in [6.07, 6.45) is 1.67. The van der Waals surface area contributed by atoms with Gasteiger partial charge in [-0.2, -0.15) is 0 Å². The van der Waals surface area contributed by atoms with Gasteiger partial charge in [-0.25, -0.2) is 9.97 Å². The Morgan fingerprint density at radius 2 is 1.93 bits per heavy atom. The van der Waals surface area contributed by atoms with E-state index >= 15 is 0 Å². The molecule has 28 heavy (non-hydrogen) atoms. The fraction of sp³-hybridized carbons (Fsp3) is 0.545. The lowest BCUT2D eigenvalue weighted by Gasteiger charge is -2.37. The summed E-state index contributed by atoms with van der Waals surface area (Å²) in [4.78, 5) is 38.3. The molecule has 1 aromatic heterocycles. The Morgan fingerprint density at radius 3 is 2.64 bits per heavy atom. The Balaban J connectivity index is 1.70. The van der Waals surface area contributed by atoms with Gasteiger partial charge in [-0.05, 0) is 25.8 Å². The summed E-state index contributed by atoms with van der Waals surface area (Å²) in [5.74, 6) is 0.652. The highest BCUT2D eigenvalue weighted by Gasteiger charge is 2.34. The largest absolute Gasteiger partial charge is 0.341 e. The van der Waals surface area contributed by atoms with Gasteiger partial charge in [0.2, 0.25) is 11.8 Å². The highest BCUT2D eigenvalue weighted by Crippen LogP contribution is 2.25. The number of aromatic nitrogens is 2. The number of amides is 2. The molecule has 6 nitrogen and oxygen atoms in total. The topological polar surface area (TPSA) is 66.4 Å². The van der Waals surface area contributed by atoms with Gasteiger partial charge in [-0.3, -0.25) is 9.59 Å². The summed E-state index contributed by atoms with van der Waals surface area (Å²) in [6.45, 7) is 9.33. The number of fused-ring (bicyclic) bond motifs is 1. The van der Waals surface area contributed by atoms with Crippen molar-refractivity contribution in [2.75, 3.05) is 20.1 Å². The standard InChI is InChI=1S/C22H30N4O2/c1-15-17-10-6-7-11-18(17)24-19(23-15)14-25(5)20(27)16-9-8-12-26(13-16)21(28)22(2,3)4/h6-7,10-11,16H,8-9,12-14H2,1-5H3. The predicted molar refractivity (Wildman–Crippen MR) is 110 cm³/mol. The van der Waals surface area contributed by atoms with Crippen molar-refractivity contribution >= 4 is 22.7 Å². The molecule has 1 atom stereocenters. The maximum absolute atomic E-state index is 13.0. The normalized spacial score (nSPS) is 17.6. The molecule has 0 N–H and O–H groups in total. The minimum Gasteiger partial charge on any atom is -0.341 e. The van der Waals surface area contributed by atoms with Crippen molar-refractivity contribution in [2.24, 2.45) is 11.3 Å². The second-order valence-electron chi connectivity index (χ2n) is 8.78. The minimum atomic E-state index is -0.423. The molecule has 1 aliphatic rings. The molecule has 6 heteroatoms. The lowest BCUT2D eigenvalue weighted by atomic mass is 9.90. The number of hydrogen-bond acceptors (Lipinski definition) is 4. The van der Waals surface area contributed by atoms with Crippen LogP contribution in [0.2, 0.25) is 0 Å². The summed E-state index contributed by atoms with van der Waals surface area (Å²) in [5, 5.41) is 1.03. The van der Waals surface area contributed by atoms with Gasteiger partial charge in [0, 0.05) is 36.6 Å². The van der Waals surface area contributed by atoms with Crippen LogP contribution in [0, 0.1) is 18.3 Å². The second-order valence-corrected chi connectivity index (χ2v) is 8.78. The van der Waals surface area contributed by atoms with Crippen LogP contribution in [-0.2, 0) is 16.1 Å². The van der Waals surface area contributed by atoms with Crippen LogP contribution in [0.15, 0.2) is 24.3 Å². The van der Waals surface area contributed by atoms with E-state index in [9.17, 15) is 9.59 Å². The number of para-hydroxylation sites is 1. The molecule has 0 bridgehead atoms. The number of aryl methyl sites for hydroxylation is 1. The van der Waals surface area contributed by atoms with E-state index in [4.69, 9.17) is 0 Å². The molecule has 2 aromatic rings. The smallest absolute Gasteiger partial charge is 0.227 e. The van der Waals surface area contributed by atoms with E-state index in [1.54, 1.807) is 11.9 Å². The Bertz CT molecular complexity index is 888. The molecule has 1 saturated heterocycles. The third-order valence-electron chi connectivity index (χ3n) is 5.29. The highest BCUT2D eigenvalue weighted by molar-refractivity contribution is 5.84. The number of hydrogen-bond donors (Lipinski definition) is 0. The van der Waals surface area contributed by atoms with Crippen LogP contribution < -0.4 is 0 Å². The first-order chi connectivity index (χ1) is 13.2. The number of nitrogens with zero attached hydrogens (tertiary/aromatic N) is 4. The third kappa shape index (κ3) is 4.32. The fourth-order valence-corrected chi connectivity index (χ4v) is 3.80. The summed E-state index contributed by atoms with van der Waals surface area (Å²) in [7, 11) is 1.79. The summed E-state index contributed by atoms with van der Waals surface area (Å²) in [6, 6.07) is 7.90. The Morgan fingerprint density at radius 1 is 1.21 bits per heavy atom. The molecule has 0 saturated carbocycles. The van der Waals surface area contributed by atoms with Crippen LogP contribution >= 0.6 is 0 Å². The van der Waals surface area contributed by atoms with Crippen molar-refractivity contribution in [3.63, 3.8) is 0 Å². The lowest BCUT2D eigenvalue weighted by Crippen LogP contribution is -2.48. The van der Waals surface area contributed by atoms with Crippen LogP contribution in [0.4, 0.5) is 0 Å². The Hall–Kier alpha value is -2.50. The molecule has 2 heterocycles. The maximum Gasteiger partial charge on any atom is 0.227 e. The van der Waals surface area contributed by atoms with E-state index in [0.717, 1.165) is 36.0 Å². The summed E-state index contributed by atoms with van der Waals surface area (Å²) in [5.41, 5.74) is 1.39. The number of piperidine rings is 1. The van der Waals surface area contributed by atoms with Gasteiger partial charge in [-0.1, -0.05) is 39.0 Å². The molecule has 1 fully saturated rings. The van der Waals surface area contributed by atoms with Crippen LogP contribution in [-0.4, -0.2) is 51.7 Å². The van der Waals surface area contributed by atoms with Crippen molar-refractivity contribution in [1.82, 2.24) is 19.8 Å². The molecule has 3 rings (SSSR count). The van der Waals surface area contributed by atoms with Crippen LogP contribution in [0.1, 0.15) is 45.1 Å². The second kappa shape index (κ2) is 7.86. The monoisotopic (exact) mass is 382 g/mol. The van der Waals surface area contributed by atoms with Crippen molar-refractivity contribution < 1.29 is 9.59 Å². The van der Waals surface area contributed by atoms with Gasteiger partial charge < -0.3 is 9.80 Å². The van der Waals surface area contributed by atoms with Crippen LogP contribution in [0.25, 0.3) is 10.9 Å². The molecular weight excluding hydrogens is 352 g/mol. The number of benzene rings is 1. The van der Waals surface area contributed by atoms with Gasteiger partial charge in [0.1, 0.15) is 5.82 Å². The Labute approximate surface area is 166 Å². The zero-order chi connectivity index (χ0) is 20.5. The first-order valence-electron chi connectivity index (χ1n) is 9.93. The van der Waals surface area contributed by atoms with Crippen LogP contribution in [0.5, 0.6) is 0 Å². The molecule has 0 aliphatic carbocycles. The minimum absolute atomic E-state index is 0.0563. The SMILES string of the molecule is Cc1nc(CN(C)C(=O)C2CCCN(C(=O)C(C)(C)C)C2)nc2ccccc12. The molecule has 0 radical (unpaired) electrons. The molecule has 0 spiro atoms. The maximum atomic E-state index is 13.0. The first kappa shape index (κ1) is 20.2. The van der Waals surface area contributed by atoms with E-state index in [-0.39, 0.29) is 17.7 Å². The summed E-state index contributed by atoms with van der Waals surface area (Å²) < 4.78 is 0. The molecule has 1 unspecified atom stereocenters. The van der Waals surface area contributed by atoms with Gasteiger partial charge in [0.25, 0.3) is 0 Å². The molecule has 1 aromatic carbocycles. The highest BCUT2D eigenvalue weighted by atomic mass is 16.2.